The molecule has 1 amide bonds. The molecule has 0 aliphatic rings. The van der Waals surface area contributed by atoms with Crippen LogP contribution in [0.1, 0.15) is 21.5 Å². The average Bonchev–Trinajstić information content (AvgIpc) is 2.70. The van der Waals surface area contributed by atoms with Crippen molar-refractivity contribution < 1.29 is 32.6 Å². The monoisotopic (exact) mass is 391 g/mol. The minimum absolute atomic E-state index is 0.0884. The zero-order valence-corrected chi connectivity index (χ0v) is 15.3. The summed E-state index contributed by atoms with van der Waals surface area (Å²) in [7, 11) is 2.64. The molecule has 8 heteroatoms. The van der Waals surface area contributed by atoms with Gasteiger partial charge in [-0.1, -0.05) is 18.2 Å². The van der Waals surface area contributed by atoms with E-state index in [0.29, 0.717) is 11.1 Å². The molecule has 0 aliphatic heterocycles. The molecule has 2 aromatic carbocycles. The molecule has 2 aromatic rings. The molecule has 0 aromatic heterocycles. The fourth-order valence-electron chi connectivity index (χ4n) is 2.28. The van der Waals surface area contributed by atoms with Crippen LogP contribution < -0.4 is 14.8 Å². The summed E-state index contributed by atoms with van der Waals surface area (Å²) in [4.78, 5) is 23.3. The molecule has 0 aliphatic carbocycles. The predicted octanol–water partition coefficient (Wildman–Crippen LogP) is 3.41. The van der Waals surface area contributed by atoms with E-state index in [2.05, 4.69) is 14.8 Å². The second-order valence-electron chi connectivity index (χ2n) is 5.53. The van der Waals surface area contributed by atoms with E-state index in [1.807, 2.05) is 0 Å². The number of esters is 1. The van der Waals surface area contributed by atoms with Gasteiger partial charge in [0, 0.05) is 12.6 Å². The van der Waals surface area contributed by atoms with Gasteiger partial charge in [0.05, 0.1) is 19.8 Å². The lowest BCUT2D eigenvalue weighted by Crippen LogP contribution is -2.20. The topological polar surface area (TPSA) is 73.9 Å². The molecule has 0 saturated heterocycles. The van der Waals surface area contributed by atoms with Crippen molar-refractivity contribution in [3.63, 3.8) is 0 Å². The fraction of sp³-hybridized carbons (Fsp3) is 0.200. The Labute approximate surface area is 160 Å². The molecular weight excluding hydrogens is 372 g/mol. The number of carbonyl (C=O) groups excluding carboxylic acids is 2. The Bertz CT molecular complexity index is 850. The second-order valence-corrected chi connectivity index (χ2v) is 5.53. The number of amides is 1. The highest BCUT2D eigenvalue weighted by atomic mass is 19.3. The highest BCUT2D eigenvalue weighted by Gasteiger charge is 2.10. The van der Waals surface area contributed by atoms with E-state index in [4.69, 9.17) is 4.74 Å². The van der Waals surface area contributed by atoms with Gasteiger partial charge in [-0.05, 0) is 41.5 Å². The molecule has 0 atom stereocenters. The number of ether oxygens (including phenoxy) is 3. The Morgan fingerprint density at radius 3 is 2.39 bits per heavy atom. The van der Waals surface area contributed by atoms with E-state index in [1.165, 1.54) is 44.6 Å². The van der Waals surface area contributed by atoms with E-state index in [1.54, 1.807) is 24.3 Å². The molecule has 0 heterocycles. The van der Waals surface area contributed by atoms with Crippen LogP contribution in [0.15, 0.2) is 48.5 Å². The van der Waals surface area contributed by atoms with Gasteiger partial charge in [-0.15, -0.1) is 0 Å². The van der Waals surface area contributed by atoms with Crippen molar-refractivity contribution in [2.75, 3.05) is 14.2 Å². The Morgan fingerprint density at radius 1 is 1.07 bits per heavy atom. The highest BCUT2D eigenvalue weighted by molar-refractivity contribution is 5.92. The third-order valence-electron chi connectivity index (χ3n) is 3.67. The molecule has 0 bridgehead atoms. The lowest BCUT2D eigenvalue weighted by molar-refractivity contribution is -0.116. The van der Waals surface area contributed by atoms with Gasteiger partial charge in [-0.2, -0.15) is 8.78 Å². The van der Waals surface area contributed by atoms with E-state index in [9.17, 15) is 18.4 Å². The van der Waals surface area contributed by atoms with Gasteiger partial charge in [0.15, 0.2) is 11.5 Å². The number of methoxy groups -OCH3 is 2. The van der Waals surface area contributed by atoms with Crippen LogP contribution in [0.5, 0.6) is 11.5 Å². The molecule has 0 unspecified atom stereocenters. The first-order valence-corrected chi connectivity index (χ1v) is 8.19. The fourth-order valence-corrected chi connectivity index (χ4v) is 2.28. The SMILES string of the molecule is COC(=O)c1ccc(CNC(=O)C=Cc2ccc(OC(F)F)c(OC)c2)cc1. The average molecular weight is 391 g/mol. The molecule has 0 spiro atoms. The third kappa shape index (κ3) is 6.08. The van der Waals surface area contributed by atoms with E-state index < -0.39 is 12.6 Å². The van der Waals surface area contributed by atoms with Crippen molar-refractivity contribution in [1.82, 2.24) is 5.32 Å². The molecule has 6 nitrogen and oxygen atoms in total. The third-order valence-corrected chi connectivity index (χ3v) is 3.67. The zero-order chi connectivity index (χ0) is 20.5. The first-order chi connectivity index (χ1) is 13.4. The number of halogens is 2. The number of rotatable bonds is 8. The minimum Gasteiger partial charge on any atom is -0.493 e. The number of carbonyl (C=O) groups is 2. The highest BCUT2D eigenvalue weighted by Crippen LogP contribution is 2.29. The summed E-state index contributed by atoms with van der Waals surface area (Å²) < 4.78 is 38.6. The number of benzene rings is 2. The second kappa shape index (κ2) is 10.1. The maximum atomic E-state index is 12.3. The van der Waals surface area contributed by atoms with Gasteiger partial charge >= 0.3 is 12.6 Å². The number of hydrogen-bond acceptors (Lipinski definition) is 5. The van der Waals surface area contributed by atoms with Crippen molar-refractivity contribution in [2.24, 2.45) is 0 Å². The first kappa shape index (κ1) is 20.9. The van der Waals surface area contributed by atoms with Crippen molar-refractivity contribution in [3.8, 4) is 11.5 Å². The summed E-state index contributed by atoms with van der Waals surface area (Å²) in [6.07, 6.45) is 2.83. The molecule has 28 heavy (non-hydrogen) atoms. The van der Waals surface area contributed by atoms with Crippen LogP contribution in [0.25, 0.3) is 6.08 Å². The van der Waals surface area contributed by atoms with Gasteiger partial charge in [-0.3, -0.25) is 4.79 Å². The molecule has 0 fully saturated rings. The van der Waals surface area contributed by atoms with Crippen LogP contribution in [0.2, 0.25) is 0 Å². The van der Waals surface area contributed by atoms with Gasteiger partial charge in [0.1, 0.15) is 0 Å². The largest absolute Gasteiger partial charge is 0.493 e. The normalized spacial score (nSPS) is 10.8. The van der Waals surface area contributed by atoms with Gasteiger partial charge in [-0.25, -0.2) is 4.79 Å². The van der Waals surface area contributed by atoms with Crippen molar-refractivity contribution >= 4 is 18.0 Å². The Balaban J connectivity index is 1.93. The van der Waals surface area contributed by atoms with Crippen LogP contribution >= 0.6 is 0 Å². The van der Waals surface area contributed by atoms with Crippen LogP contribution in [-0.4, -0.2) is 32.7 Å². The first-order valence-electron chi connectivity index (χ1n) is 8.19. The van der Waals surface area contributed by atoms with E-state index >= 15 is 0 Å². The summed E-state index contributed by atoms with van der Waals surface area (Å²) >= 11 is 0. The number of hydrogen-bond donors (Lipinski definition) is 1. The van der Waals surface area contributed by atoms with Crippen LogP contribution in [-0.2, 0) is 16.1 Å². The molecule has 0 radical (unpaired) electrons. The summed E-state index contributed by atoms with van der Waals surface area (Å²) in [5.74, 6) is -0.731. The maximum absolute atomic E-state index is 12.3. The Kier molecular flexibility index (Phi) is 7.50. The molecule has 2 rings (SSSR count). The summed E-state index contributed by atoms with van der Waals surface area (Å²) in [6, 6.07) is 11.0. The number of nitrogens with one attached hydrogen (secondary N) is 1. The lowest BCUT2D eigenvalue weighted by Gasteiger charge is -2.10. The molecule has 0 saturated carbocycles. The van der Waals surface area contributed by atoms with Gasteiger partial charge < -0.3 is 19.5 Å². The van der Waals surface area contributed by atoms with Crippen LogP contribution in [0.4, 0.5) is 8.78 Å². The Morgan fingerprint density at radius 2 is 1.79 bits per heavy atom. The van der Waals surface area contributed by atoms with Crippen molar-refractivity contribution in [2.45, 2.75) is 13.2 Å². The smallest absolute Gasteiger partial charge is 0.387 e. The lowest BCUT2D eigenvalue weighted by atomic mass is 10.1. The van der Waals surface area contributed by atoms with Gasteiger partial charge in [0.25, 0.3) is 0 Å². The van der Waals surface area contributed by atoms with Gasteiger partial charge in [0.2, 0.25) is 5.91 Å². The van der Waals surface area contributed by atoms with Crippen LogP contribution in [0.3, 0.4) is 0 Å². The predicted molar refractivity (Wildman–Crippen MR) is 98.3 cm³/mol. The standard InChI is InChI=1S/C20H19F2NO5/c1-26-17-11-13(5-9-16(17)28-20(21)22)6-10-18(24)23-12-14-3-7-15(8-4-14)19(25)27-2/h3-11,20H,12H2,1-2H3,(H,23,24). The zero-order valence-electron chi connectivity index (χ0n) is 15.3. The maximum Gasteiger partial charge on any atom is 0.387 e. The summed E-state index contributed by atoms with van der Waals surface area (Å²) in [5.41, 5.74) is 1.81. The molecule has 148 valence electrons. The van der Waals surface area contributed by atoms with E-state index in [-0.39, 0.29) is 24.0 Å². The summed E-state index contributed by atoms with van der Waals surface area (Å²) in [5, 5.41) is 2.70. The summed E-state index contributed by atoms with van der Waals surface area (Å²) in [6.45, 7) is -2.68. The minimum atomic E-state index is -2.96. The van der Waals surface area contributed by atoms with Crippen molar-refractivity contribution in [3.05, 3.63) is 65.2 Å². The van der Waals surface area contributed by atoms with Crippen molar-refractivity contribution in [1.29, 1.82) is 0 Å². The van der Waals surface area contributed by atoms with Crippen LogP contribution in [0, 0.1) is 0 Å². The molecular formula is C20H19F2NO5. The molecule has 1 N–H and O–H groups in total. The Hall–Kier alpha value is -3.42. The number of alkyl halides is 2. The van der Waals surface area contributed by atoms with E-state index in [0.717, 1.165) is 5.56 Å². The quantitative estimate of drug-likeness (QED) is 0.551.